The van der Waals surface area contributed by atoms with E-state index in [9.17, 15) is 14.4 Å². The quantitative estimate of drug-likeness (QED) is 0.835. The van der Waals surface area contributed by atoms with Gasteiger partial charge in [0.2, 0.25) is 5.91 Å². The minimum Gasteiger partial charge on any atom is -0.336 e. The lowest BCUT2D eigenvalue weighted by atomic mass is 9.83. The number of hydrogen-bond donors (Lipinski definition) is 1. The molecule has 2 aliphatic rings. The van der Waals surface area contributed by atoms with Crippen LogP contribution in [0.25, 0.3) is 0 Å². The largest absolute Gasteiger partial charge is 0.336 e. The highest BCUT2D eigenvalue weighted by Crippen LogP contribution is 2.35. The van der Waals surface area contributed by atoms with Gasteiger partial charge in [-0.3, -0.25) is 19.4 Å². The van der Waals surface area contributed by atoms with Gasteiger partial charge in [0, 0.05) is 37.4 Å². The standard InChI is InChI=1S/C21H25N5O3/c1-24(2)13-19(27)23-17-6-7-18-15-9-14(11-26(18)21(17)29)10-25(12-15)20(28)16-5-3-4-8-22-16/h3-8,14-15H,9-13H2,1-2H3,(H,23,27)/t14-,15-/m1/s1. The van der Waals surface area contributed by atoms with Crippen molar-refractivity contribution in [1.82, 2.24) is 19.4 Å². The summed E-state index contributed by atoms with van der Waals surface area (Å²) >= 11 is 0. The highest BCUT2D eigenvalue weighted by molar-refractivity contribution is 5.92. The summed E-state index contributed by atoms with van der Waals surface area (Å²) in [5.74, 6) is 0.0354. The van der Waals surface area contributed by atoms with Gasteiger partial charge in [0.05, 0.1) is 6.54 Å². The van der Waals surface area contributed by atoms with Gasteiger partial charge in [-0.15, -0.1) is 0 Å². The molecule has 0 radical (unpaired) electrons. The Morgan fingerprint density at radius 2 is 2.00 bits per heavy atom. The summed E-state index contributed by atoms with van der Waals surface area (Å²) in [5, 5.41) is 2.72. The molecule has 8 nitrogen and oxygen atoms in total. The molecule has 8 heteroatoms. The summed E-state index contributed by atoms with van der Waals surface area (Å²) < 4.78 is 1.77. The number of nitrogens with zero attached hydrogens (tertiary/aromatic N) is 4. The van der Waals surface area contributed by atoms with Crippen molar-refractivity contribution in [2.45, 2.75) is 18.9 Å². The summed E-state index contributed by atoms with van der Waals surface area (Å²) in [6, 6.07) is 8.92. The van der Waals surface area contributed by atoms with E-state index in [2.05, 4.69) is 10.3 Å². The summed E-state index contributed by atoms with van der Waals surface area (Å²) in [4.78, 5) is 45.6. The van der Waals surface area contributed by atoms with Crippen molar-refractivity contribution < 1.29 is 9.59 Å². The lowest BCUT2D eigenvalue weighted by Gasteiger charge is -2.42. The number of piperidine rings is 1. The SMILES string of the molecule is CN(C)CC(=O)Nc1ccc2n(c1=O)C[C@@H]1C[C@@H]2CN(C(=O)c2ccccn2)C1. The average molecular weight is 395 g/mol. The number of carbonyl (C=O) groups excluding carboxylic acids is 2. The Bertz CT molecular complexity index is 986. The first-order chi connectivity index (χ1) is 13.9. The lowest BCUT2D eigenvalue weighted by Crippen LogP contribution is -2.49. The van der Waals surface area contributed by atoms with Crippen LogP contribution < -0.4 is 10.9 Å². The molecule has 152 valence electrons. The zero-order chi connectivity index (χ0) is 20.5. The first-order valence-corrected chi connectivity index (χ1v) is 9.81. The van der Waals surface area contributed by atoms with Crippen LogP contribution >= 0.6 is 0 Å². The summed E-state index contributed by atoms with van der Waals surface area (Å²) in [6.07, 6.45) is 2.58. The molecule has 2 aromatic rings. The zero-order valence-corrected chi connectivity index (χ0v) is 16.7. The Labute approximate surface area is 169 Å². The normalized spacial score (nSPS) is 20.3. The molecule has 0 aliphatic carbocycles. The molecule has 2 aliphatic heterocycles. The minimum absolute atomic E-state index is 0.0661. The number of anilines is 1. The number of hydrogen-bond acceptors (Lipinski definition) is 5. The first-order valence-electron chi connectivity index (χ1n) is 9.81. The Morgan fingerprint density at radius 3 is 2.72 bits per heavy atom. The van der Waals surface area contributed by atoms with Crippen LogP contribution in [0.3, 0.4) is 0 Å². The van der Waals surface area contributed by atoms with Gasteiger partial charge in [0.15, 0.2) is 0 Å². The van der Waals surface area contributed by atoms with Gasteiger partial charge in [0.25, 0.3) is 11.5 Å². The molecule has 0 spiro atoms. The number of pyridine rings is 2. The molecule has 1 fully saturated rings. The van der Waals surface area contributed by atoms with E-state index in [4.69, 9.17) is 0 Å². The Hall–Kier alpha value is -3.00. The third-order valence-electron chi connectivity index (χ3n) is 5.51. The van der Waals surface area contributed by atoms with Crippen LogP contribution in [0.5, 0.6) is 0 Å². The second-order valence-corrected chi connectivity index (χ2v) is 8.10. The number of aromatic nitrogens is 2. The van der Waals surface area contributed by atoms with Gasteiger partial charge in [-0.2, -0.15) is 0 Å². The molecule has 0 saturated carbocycles. The molecule has 0 unspecified atom stereocenters. The molecule has 1 saturated heterocycles. The zero-order valence-electron chi connectivity index (χ0n) is 16.7. The minimum atomic E-state index is -0.212. The molecular weight excluding hydrogens is 370 g/mol. The van der Waals surface area contributed by atoms with Crippen molar-refractivity contribution in [3.63, 3.8) is 0 Å². The van der Waals surface area contributed by atoms with Crippen LogP contribution in [0.15, 0.2) is 41.3 Å². The molecule has 4 rings (SSSR count). The number of rotatable bonds is 4. The van der Waals surface area contributed by atoms with Gasteiger partial charge < -0.3 is 19.7 Å². The Kier molecular flexibility index (Phi) is 5.19. The Balaban J connectivity index is 1.55. The van der Waals surface area contributed by atoms with Crippen molar-refractivity contribution in [3.05, 3.63) is 58.3 Å². The van der Waals surface area contributed by atoms with Gasteiger partial charge >= 0.3 is 0 Å². The van der Waals surface area contributed by atoms with E-state index in [1.54, 1.807) is 48.0 Å². The molecule has 4 heterocycles. The molecule has 2 atom stereocenters. The van der Waals surface area contributed by atoms with Crippen LogP contribution in [0.1, 0.15) is 28.5 Å². The topological polar surface area (TPSA) is 87.5 Å². The summed E-state index contributed by atoms with van der Waals surface area (Å²) in [7, 11) is 3.61. The van der Waals surface area contributed by atoms with E-state index >= 15 is 0 Å². The maximum absolute atomic E-state index is 12.9. The lowest BCUT2D eigenvalue weighted by molar-refractivity contribution is -0.116. The summed E-state index contributed by atoms with van der Waals surface area (Å²) in [6.45, 7) is 1.94. The van der Waals surface area contributed by atoms with Crippen molar-refractivity contribution in [2.75, 3.05) is 39.0 Å². The fraction of sp³-hybridized carbons (Fsp3) is 0.429. The predicted molar refractivity (Wildman–Crippen MR) is 109 cm³/mol. The van der Waals surface area contributed by atoms with E-state index < -0.39 is 0 Å². The van der Waals surface area contributed by atoms with Gasteiger partial charge in [-0.05, 0) is 50.7 Å². The molecule has 0 aromatic carbocycles. The van der Waals surface area contributed by atoms with E-state index in [0.29, 0.717) is 31.0 Å². The third-order valence-corrected chi connectivity index (χ3v) is 5.51. The van der Waals surface area contributed by atoms with E-state index in [1.165, 1.54) is 0 Å². The number of likely N-dealkylation sites (tertiary alicyclic amines) is 1. The maximum atomic E-state index is 12.9. The molecule has 2 amide bonds. The molecule has 29 heavy (non-hydrogen) atoms. The first kappa shape index (κ1) is 19.3. The van der Waals surface area contributed by atoms with Crippen LogP contribution in [0, 0.1) is 5.92 Å². The van der Waals surface area contributed by atoms with Crippen molar-refractivity contribution in [1.29, 1.82) is 0 Å². The molecule has 1 N–H and O–H groups in total. The van der Waals surface area contributed by atoms with Gasteiger partial charge in [-0.1, -0.05) is 6.07 Å². The highest BCUT2D eigenvalue weighted by atomic mass is 16.2. The predicted octanol–water partition coefficient (Wildman–Crippen LogP) is 1.00. The second kappa shape index (κ2) is 7.79. The average Bonchev–Trinajstić information content (AvgIpc) is 2.70. The van der Waals surface area contributed by atoms with Crippen LogP contribution in [0.2, 0.25) is 0 Å². The molecular formula is C21H25N5O3. The van der Waals surface area contributed by atoms with Crippen LogP contribution in [-0.2, 0) is 11.3 Å². The molecule has 2 aromatic heterocycles. The second-order valence-electron chi connectivity index (χ2n) is 8.10. The van der Waals surface area contributed by atoms with E-state index in [1.807, 2.05) is 17.0 Å². The van der Waals surface area contributed by atoms with Crippen LogP contribution in [-0.4, -0.2) is 64.9 Å². The third kappa shape index (κ3) is 3.93. The van der Waals surface area contributed by atoms with E-state index in [-0.39, 0.29) is 35.8 Å². The highest BCUT2D eigenvalue weighted by Gasteiger charge is 2.37. The number of likely N-dealkylation sites (N-methyl/N-ethyl adjacent to an activating group) is 1. The van der Waals surface area contributed by atoms with Crippen molar-refractivity contribution >= 4 is 17.5 Å². The number of amides is 2. The number of carbonyl (C=O) groups is 2. The maximum Gasteiger partial charge on any atom is 0.274 e. The Morgan fingerprint density at radius 1 is 1.17 bits per heavy atom. The van der Waals surface area contributed by atoms with Crippen molar-refractivity contribution in [3.8, 4) is 0 Å². The van der Waals surface area contributed by atoms with Crippen LogP contribution in [0.4, 0.5) is 5.69 Å². The van der Waals surface area contributed by atoms with E-state index in [0.717, 1.165) is 12.1 Å². The van der Waals surface area contributed by atoms with Gasteiger partial charge in [0.1, 0.15) is 11.4 Å². The fourth-order valence-corrected chi connectivity index (χ4v) is 4.34. The monoisotopic (exact) mass is 395 g/mol. The van der Waals surface area contributed by atoms with Gasteiger partial charge in [-0.25, -0.2) is 0 Å². The number of nitrogens with one attached hydrogen (secondary N) is 1. The smallest absolute Gasteiger partial charge is 0.274 e. The summed E-state index contributed by atoms with van der Waals surface area (Å²) in [5.41, 5.74) is 1.51. The van der Waals surface area contributed by atoms with Crippen molar-refractivity contribution in [2.24, 2.45) is 5.92 Å². The number of fused-ring (bicyclic) bond motifs is 4. The molecule has 2 bridgehead atoms. The fourth-order valence-electron chi connectivity index (χ4n) is 4.34.